The van der Waals surface area contributed by atoms with Crippen LogP contribution in [-0.2, 0) is 0 Å². The van der Waals surface area contributed by atoms with Gasteiger partial charge in [0, 0.05) is 6.42 Å². The summed E-state index contributed by atoms with van der Waals surface area (Å²) in [6, 6.07) is 0. The van der Waals surface area contributed by atoms with E-state index in [-0.39, 0.29) is 0 Å². The zero-order valence-corrected chi connectivity index (χ0v) is 8.03. The van der Waals surface area contributed by atoms with E-state index >= 15 is 0 Å². The third kappa shape index (κ3) is 3.62. The van der Waals surface area contributed by atoms with E-state index in [1.165, 1.54) is 44.1 Å². The number of rotatable bonds is 2. The van der Waals surface area contributed by atoms with Crippen molar-refractivity contribution in [3.8, 4) is 11.8 Å². The molecule has 1 rings (SSSR count). The molecule has 0 N–H and O–H groups in total. The molecule has 0 spiro atoms. The van der Waals surface area contributed by atoms with Crippen LogP contribution in [0.4, 0.5) is 0 Å². The summed E-state index contributed by atoms with van der Waals surface area (Å²) in [5.41, 5.74) is 1.39. The molecule has 0 amide bonds. The van der Waals surface area contributed by atoms with Gasteiger partial charge in [0.2, 0.25) is 0 Å². The fraction of sp³-hybridized carbons (Fsp3) is 0.667. The van der Waals surface area contributed by atoms with Gasteiger partial charge in [0.05, 0.1) is 0 Å². The average Bonchev–Trinajstić information content (AvgIpc) is 2.14. The molecule has 0 saturated heterocycles. The van der Waals surface area contributed by atoms with Gasteiger partial charge in [-0.1, -0.05) is 31.3 Å². The Labute approximate surface area is 76.1 Å². The molecular formula is C12H18. The van der Waals surface area contributed by atoms with Crippen molar-refractivity contribution in [2.24, 2.45) is 0 Å². The molecule has 0 heterocycles. The number of hydrogen-bond donors (Lipinski definition) is 0. The molecule has 0 saturated carbocycles. The van der Waals surface area contributed by atoms with E-state index in [1.54, 1.807) is 0 Å². The number of hydrogen-bond acceptors (Lipinski definition) is 0. The first-order valence-electron chi connectivity index (χ1n) is 5.11. The van der Waals surface area contributed by atoms with Crippen molar-refractivity contribution in [3.63, 3.8) is 0 Å². The van der Waals surface area contributed by atoms with Crippen LogP contribution in [0.3, 0.4) is 0 Å². The highest BCUT2D eigenvalue weighted by atomic mass is 14.0. The van der Waals surface area contributed by atoms with Crippen molar-refractivity contribution >= 4 is 0 Å². The second-order valence-electron chi connectivity index (χ2n) is 3.38. The highest BCUT2D eigenvalue weighted by Gasteiger charge is 1.98. The van der Waals surface area contributed by atoms with E-state index in [0.29, 0.717) is 0 Å². The van der Waals surface area contributed by atoms with Gasteiger partial charge in [-0.15, -0.1) is 0 Å². The summed E-state index contributed by atoms with van der Waals surface area (Å²) in [4.78, 5) is 0. The third-order valence-corrected chi connectivity index (χ3v) is 2.20. The van der Waals surface area contributed by atoms with Gasteiger partial charge in [-0.3, -0.25) is 0 Å². The van der Waals surface area contributed by atoms with Crippen LogP contribution in [0, 0.1) is 11.8 Å². The first-order valence-corrected chi connectivity index (χ1v) is 5.11. The molecule has 0 unspecified atom stereocenters. The summed E-state index contributed by atoms with van der Waals surface area (Å²) in [6.45, 7) is 2.21. The lowest BCUT2D eigenvalue weighted by atomic mass is 10.00. The minimum atomic E-state index is 1.08. The summed E-state index contributed by atoms with van der Waals surface area (Å²) < 4.78 is 0. The van der Waals surface area contributed by atoms with Crippen LogP contribution in [0.5, 0.6) is 0 Å². The van der Waals surface area contributed by atoms with Gasteiger partial charge in [0.1, 0.15) is 0 Å². The van der Waals surface area contributed by atoms with E-state index in [2.05, 4.69) is 24.8 Å². The molecule has 66 valence electrons. The maximum atomic E-state index is 3.27. The molecule has 0 nitrogen and oxygen atoms in total. The van der Waals surface area contributed by atoms with E-state index in [1.807, 2.05) is 0 Å². The molecule has 0 atom stereocenters. The highest BCUT2D eigenvalue weighted by Crippen LogP contribution is 2.16. The summed E-state index contributed by atoms with van der Waals surface area (Å²) in [7, 11) is 0. The molecular weight excluding hydrogens is 144 g/mol. The molecule has 0 radical (unpaired) electrons. The Kier molecular flexibility index (Phi) is 4.61. The molecule has 0 fully saturated rings. The van der Waals surface area contributed by atoms with Crippen LogP contribution < -0.4 is 0 Å². The maximum absolute atomic E-state index is 3.27. The fourth-order valence-electron chi connectivity index (χ4n) is 1.39. The minimum Gasteiger partial charge on any atom is -0.0982 e. The Morgan fingerprint density at radius 1 is 1.42 bits per heavy atom. The molecule has 0 heteroatoms. The lowest BCUT2D eigenvalue weighted by Crippen LogP contribution is -1.88. The lowest BCUT2D eigenvalue weighted by molar-refractivity contribution is 0.715. The highest BCUT2D eigenvalue weighted by molar-refractivity contribution is 5.29. The van der Waals surface area contributed by atoms with Crippen LogP contribution in [-0.4, -0.2) is 0 Å². The predicted octanol–water partition coefficient (Wildman–Crippen LogP) is 3.68. The smallest absolute Gasteiger partial charge is 0.00922 e. The summed E-state index contributed by atoms with van der Waals surface area (Å²) >= 11 is 0. The first kappa shape index (κ1) is 9.39. The Morgan fingerprint density at radius 3 is 3.00 bits per heavy atom. The topological polar surface area (TPSA) is 0 Å². The summed E-state index contributed by atoms with van der Waals surface area (Å²) in [5.74, 6) is 6.51. The molecule has 12 heavy (non-hydrogen) atoms. The zero-order chi connectivity index (χ0) is 8.65. The molecule has 1 aliphatic carbocycles. The molecule has 0 aliphatic heterocycles. The van der Waals surface area contributed by atoms with Crippen molar-refractivity contribution < 1.29 is 0 Å². The molecule has 0 bridgehead atoms. The normalized spacial score (nSPS) is 16.2. The van der Waals surface area contributed by atoms with Crippen LogP contribution in [0.1, 0.15) is 51.9 Å². The van der Waals surface area contributed by atoms with Gasteiger partial charge >= 0.3 is 0 Å². The van der Waals surface area contributed by atoms with Crippen molar-refractivity contribution in [3.05, 3.63) is 11.6 Å². The lowest BCUT2D eigenvalue weighted by Gasteiger charge is -2.05. The summed E-state index contributed by atoms with van der Waals surface area (Å²) in [6.07, 6.45) is 11.1. The maximum Gasteiger partial charge on any atom is 0.00922 e. The van der Waals surface area contributed by atoms with Gasteiger partial charge in [-0.25, -0.2) is 0 Å². The van der Waals surface area contributed by atoms with Crippen LogP contribution >= 0.6 is 0 Å². The largest absolute Gasteiger partial charge is 0.0982 e. The predicted molar refractivity (Wildman–Crippen MR) is 53.9 cm³/mol. The quantitative estimate of drug-likeness (QED) is 0.429. The van der Waals surface area contributed by atoms with E-state index < -0.39 is 0 Å². The molecule has 1 aliphatic rings. The SMILES string of the molecule is CCCCC#CC1=CCCCC1. The van der Waals surface area contributed by atoms with Crippen LogP contribution in [0.25, 0.3) is 0 Å². The average molecular weight is 162 g/mol. The Balaban J connectivity index is 2.26. The van der Waals surface area contributed by atoms with Gasteiger partial charge in [0.15, 0.2) is 0 Å². The zero-order valence-electron chi connectivity index (χ0n) is 8.03. The van der Waals surface area contributed by atoms with E-state index in [4.69, 9.17) is 0 Å². The Hall–Kier alpha value is -0.700. The molecule has 0 aromatic heterocycles. The summed E-state index contributed by atoms with van der Waals surface area (Å²) in [5, 5.41) is 0. The fourth-order valence-corrected chi connectivity index (χ4v) is 1.39. The van der Waals surface area contributed by atoms with Crippen molar-refractivity contribution in [2.45, 2.75) is 51.9 Å². The van der Waals surface area contributed by atoms with Crippen molar-refractivity contribution in [2.75, 3.05) is 0 Å². The van der Waals surface area contributed by atoms with Gasteiger partial charge < -0.3 is 0 Å². The third-order valence-electron chi connectivity index (χ3n) is 2.20. The molecule has 0 aromatic rings. The second kappa shape index (κ2) is 5.89. The van der Waals surface area contributed by atoms with Gasteiger partial charge in [0.25, 0.3) is 0 Å². The van der Waals surface area contributed by atoms with Crippen molar-refractivity contribution in [1.29, 1.82) is 0 Å². The Bertz CT molecular complexity index is 200. The second-order valence-corrected chi connectivity index (χ2v) is 3.38. The van der Waals surface area contributed by atoms with Crippen molar-refractivity contribution in [1.82, 2.24) is 0 Å². The Morgan fingerprint density at radius 2 is 2.33 bits per heavy atom. The van der Waals surface area contributed by atoms with Gasteiger partial charge in [-0.2, -0.15) is 0 Å². The first-order chi connectivity index (χ1) is 5.93. The van der Waals surface area contributed by atoms with Gasteiger partial charge in [-0.05, 0) is 37.7 Å². The van der Waals surface area contributed by atoms with E-state index in [9.17, 15) is 0 Å². The molecule has 0 aromatic carbocycles. The number of unbranched alkanes of at least 4 members (excludes halogenated alkanes) is 2. The van der Waals surface area contributed by atoms with Crippen LogP contribution in [0.2, 0.25) is 0 Å². The van der Waals surface area contributed by atoms with Crippen LogP contribution in [0.15, 0.2) is 11.6 Å². The standard InChI is InChI=1S/C12H18/c1-2-3-4-6-9-12-10-7-5-8-11-12/h10H,2-5,7-8,11H2,1H3. The monoisotopic (exact) mass is 162 g/mol. The minimum absolute atomic E-state index is 1.08. The number of allylic oxidation sites excluding steroid dienone is 2. The van der Waals surface area contributed by atoms with E-state index in [0.717, 1.165) is 6.42 Å².